The number of aromatic nitrogens is 3. The predicted octanol–water partition coefficient (Wildman–Crippen LogP) is 4.83. The molecule has 0 unspecified atom stereocenters. The molecule has 0 atom stereocenters. The van der Waals surface area contributed by atoms with Crippen LogP contribution in [0.2, 0.25) is 0 Å². The van der Waals surface area contributed by atoms with E-state index < -0.39 is 10.0 Å². The summed E-state index contributed by atoms with van der Waals surface area (Å²) in [5, 5.41) is 4.18. The van der Waals surface area contributed by atoms with Crippen molar-refractivity contribution in [1.29, 1.82) is 0 Å². The van der Waals surface area contributed by atoms with Gasteiger partial charge in [0, 0.05) is 17.3 Å². The van der Waals surface area contributed by atoms with Crippen LogP contribution >= 0.6 is 0 Å². The van der Waals surface area contributed by atoms with Gasteiger partial charge in [-0.3, -0.25) is 0 Å². The van der Waals surface area contributed by atoms with E-state index in [1.54, 1.807) is 31.2 Å². The molecule has 4 aromatic rings. The van der Waals surface area contributed by atoms with Crippen LogP contribution in [0, 0.1) is 20.8 Å². The van der Waals surface area contributed by atoms with Crippen molar-refractivity contribution in [2.24, 2.45) is 0 Å². The molecule has 0 spiro atoms. The van der Waals surface area contributed by atoms with Crippen LogP contribution in [0.5, 0.6) is 0 Å². The predicted molar refractivity (Wildman–Crippen MR) is 123 cm³/mol. The fraction of sp³-hybridized carbons (Fsp3) is 0.250. The Morgan fingerprint density at radius 1 is 0.903 bits per heavy atom. The van der Waals surface area contributed by atoms with E-state index in [2.05, 4.69) is 5.32 Å². The van der Waals surface area contributed by atoms with E-state index in [9.17, 15) is 8.42 Å². The first-order chi connectivity index (χ1) is 14.8. The van der Waals surface area contributed by atoms with E-state index in [0.29, 0.717) is 29.0 Å². The Bertz CT molecular complexity index is 1380. The molecule has 2 aromatic heterocycles. The van der Waals surface area contributed by atoms with E-state index in [0.717, 1.165) is 34.9 Å². The Balaban J connectivity index is 1.75. The van der Waals surface area contributed by atoms with Crippen LogP contribution in [-0.2, 0) is 10.0 Å². The lowest BCUT2D eigenvalue weighted by molar-refractivity contribution is 0.587. The molecule has 158 valence electrons. The first-order valence-corrected chi connectivity index (χ1v) is 11.8. The van der Waals surface area contributed by atoms with Crippen LogP contribution in [-0.4, -0.2) is 28.4 Å². The fourth-order valence-corrected chi connectivity index (χ4v) is 5.15. The van der Waals surface area contributed by atoms with Gasteiger partial charge < -0.3 is 5.32 Å². The molecule has 2 heterocycles. The van der Waals surface area contributed by atoms with Crippen LogP contribution in [0.25, 0.3) is 22.4 Å². The molecule has 1 N–H and O–H groups in total. The monoisotopic (exact) mass is 432 g/mol. The Kier molecular flexibility index (Phi) is 4.59. The summed E-state index contributed by atoms with van der Waals surface area (Å²) in [4.78, 5) is 9.74. The van der Waals surface area contributed by atoms with E-state index in [4.69, 9.17) is 9.97 Å². The van der Waals surface area contributed by atoms with Gasteiger partial charge in [0.2, 0.25) is 0 Å². The smallest absolute Gasteiger partial charge is 0.269 e. The van der Waals surface area contributed by atoms with Crippen LogP contribution < -0.4 is 5.32 Å². The number of anilines is 1. The Morgan fingerprint density at radius 3 is 2.13 bits per heavy atom. The lowest BCUT2D eigenvalue weighted by Gasteiger charge is -2.12. The summed E-state index contributed by atoms with van der Waals surface area (Å²) in [5.74, 6) is 1.19. The highest BCUT2D eigenvalue weighted by molar-refractivity contribution is 7.90. The molecule has 1 aliphatic carbocycles. The van der Waals surface area contributed by atoms with Gasteiger partial charge in [-0.15, -0.1) is 0 Å². The van der Waals surface area contributed by atoms with Crippen molar-refractivity contribution in [1.82, 2.24) is 13.9 Å². The third-order valence-electron chi connectivity index (χ3n) is 5.58. The highest BCUT2D eigenvalue weighted by Gasteiger charge is 2.27. The molecule has 0 aliphatic heterocycles. The summed E-state index contributed by atoms with van der Waals surface area (Å²) in [6.07, 6.45) is 2.18. The maximum absolute atomic E-state index is 13.6. The van der Waals surface area contributed by atoms with E-state index in [1.165, 1.54) is 3.97 Å². The lowest BCUT2D eigenvalue weighted by atomic mass is 10.1. The lowest BCUT2D eigenvalue weighted by Crippen LogP contribution is -2.15. The molecule has 2 aromatic carbocycles. The summed E-state index contributed by atoms with van der Waals surface area (Å²) in [6.45, 7) is 5.75. The second-order valence-electron chi connectivity index (χ2n) is 8.29. The molecule has 0 bridgehead atoms. The van der Waals surface area contributed by atoms with Crippen LogP contribution in [0.15, 0.2) is 59.5 Å². The Morgan fingerprint density at radius 2 is 1.52 bits per heavy atom. The summed E-state index contributed by atoms with van der Waals surface area (Å²) in [7, 11) is -3.81. The molecule has 7 heteroatoms. The van der Waals surface area contributed by atoms with Crippen molar-refractivity contribution >= 4 is 26.9 Å². The second-order valence-corrected chi connectivity index (χ2v) is 10.1. The minimum absolute atomic E-state index is 0.242. The molecular formula is C24H24N4O2S. The molecule has 5 rings (SSSR count). The Labute approximate surface area is 182 Å². The topological polar surface area (TPSA) is 76.9 Å². The highest BCUT2D eigenvalue weighted by atomic mass is 32.2. The van der Waals surface area contributed by atoms with Gasteiger partial charge in [0.25, 0.3) is 10.0 Å². The van der Waals surface area contributed by atoms with Gasteiger partial charge in [-0.1, -0.05) is 47.5 Å². The standard InChI is InChI=1S/C24H24N4O2S/c1-15-4-8-18(9-5-15)22-26-23(25-19-10-11-19)21-14-17(3)28(24(21)27-22)31(29,30)20-12-6-16(2)7-13-20/h4-9,12-14,19H,10-11H2,1-3H3,(H,25,26,27). The van der Waals surface area contributed by atoms with Gasteiger partial charge in [-0.2, -0.15) is 0 Å². The van der Waals surface area contributed by atoms with Crippen molar-refractivity contribution in [3.05, 3.63) is 71.4 Å². The quantitative estimate of drug-likeness (QED) is 0.489. The van der Waals surface area contributed by atoms with Crippen molar-refractivity contribution < 1.29 is 8.42 Å². The van der Waals surface area contributed by atoms with Gasteiger partial charge in [0.05, 0.1) is 10.3 Å². The molecule has 1 saturated carbocycles. The third-order valence-corrected chi connectivity index (χ3v) is 7.39. The fourth-order valence-electron chi connectivity index (χ4n) is 3.66. The maximum Gasteiger partial charge on any atom is 0.269 e. The van der Waals surface area contributed by atoms with Crippen LogP contribution in [0.3, 0.4) is 0 Å². The molecule has 0 saturated heterocycles. The van der Waals surface area contributed by atoms with E-state index >= 15 is 0 Å². The van der Waals surface area contributed by atoms with Crippen LogP contribution in [0.1, 0.15) is 29.7 Å². The molecule has 6 nitrogen and oxygen atoms in total. The number of aryl methyl sites for hydroxylation is 3. The zero-order chi connectivity index (χ0) is 21.8. The van der Waals surface area contributed by atoms with E-state index in [-0.39, 0.29) is 4.90 Å². The molecule has 31 heavy (non-hydrogen) atoms. The number of hydrogen-bond acceptors (Lipinski definition) is 5. The van der Waals surface area contributed by atoms with Crippen molar-refractivity contribution in [3.8, 4) is 11.4 Å². The van der Waals surface area contributed by atoms with Crippen LogP contribution in [0.4, 0.5) is 5.82 Å². The largest absolute Gasteiger partial charge is 0.367 e. The summed E-state index contributed by atoms with van der Waals surface area (Å²) < 4.78 is 28.5. The van der Waals surface area contributed by atoms with E-state index in [1.807, 2.05) is 44.2 Å². The average molecular weight is 433 g/mol. The van der Waals surface area contributed by atoms with Gasteiger partial charge in [-0.05, 0) is 51.8 Å². The van der Waals surface area contributed by atoms with Gasteiger partial charge in [-0.25, -0.2) is 22.4 Å². The van der Waals surface area contributed by atoms with Crippen molar-refractivity contribution in [2.75, 3.05) is 5.32 Å². The summed E-state index contributed by atoms with van der Waals surface area (Å²) in [5.41, 5.74) is 4.00. The molecule has 0 radical (unpaired) electrons. The zero-order valence-electron chi connectivity index (χ0n) is 17.8. The highest BCUT2D eigenvalue weighted by Crippen LogP contribution is 2.33. The first kappa shape index (κ1) is 19.8. The minimum Gasteiger partial charge on any atom is -0.367 e. The maximum atomic E-state index is 13.6. The minimum atomic E-state index is -3.81. The average Bonchev–Trinajstić information content (AvgIpc) is 3.48. The normalized spacial score (nSPS) is 14.2. The van der Waals surface area contributed by atoms with Crippen molar-refractivity contribution in [2.45, 2.75) is 44.6 Å². The number of hydrogen-bond donors (Lipinski definition) is 1. The second kappa shape index (κ2) is 7.20. The summed E-state index contributed by atoms with van der Waals surface area (Å²) in [6, 6.07) is 17.1. The van der Waals surface area contributed by atoms with Gasteiger partial charge in [0.15, 0.2) is 11.5 Å². The molecule has 0 amide bonds. The Hall–Kier alpha value is -3.19. The van der Waals surface area contributed by atoms with Gasteiger partial charge in [0.1, 0.15) is 5.82 Å². The molecule has 1 aliphatic rings. The molecule has 1 fully saturated rings. The molecular weight excluding hydrogens is 408 g/mol. The summed E-state index contributed by atoms with van der Waals surface area (Å²) >= 11 is 0. The number of nitrogens with zero attached hydrogens (tertiary/aromatic N) is 3. The number of rotatable bonds is 5. The van der Waals surface area contributed by atoms with Gasteiger partial charge >= 0.3 is 0 Å². The first-order valence-electron chi connectivity index (χ1n) is 10.4. The van der Waals surface area contributed by atoms with Crippen molar-refractivity contribution in [3.63, 3.8) is 0 Å². The number of nitrogens with one attached hydrogen (secondary N) is 1. The third kappa shape index (κ3) is 3.59. The SMILES string of the molecule is Cc1ccc(-c2nc(NC3CC3)c3cc(C)n(S(=O)(=O)c4ccc(C)cc4)c3n2)cc1. The zero-order valence-corrected chi connectivity index (χ0v) is 18.6. The number of benzene rings is 2. The number of fused-ring (bicyclic) bond motifs is 1.